The molecule has 0 saturated carbocycles. The number of carbonyl (C=O) groups excluding carboxylic acids is 3. The summed E-state index contributed by atoms with van der Waals surface area (Å²) in [5.41, 5.74) is 1.80. The van der Waals surface area contributed by atoms with Gasteiger partial charge in [-0.3, -0.25) is 14.4 Å². The van der Waals surface area contributed by atoms with E-state index in [0.29, 0.717) is 21.3 Å². The quantitative estimate of drug-likeness (QED) is 0.323. The first kappa shape index (κ1) is 22.6. The second kappa shape index (κ2) is 9.82. The van der Waals surface area contributed by atoms with Crippen molar-refractivity contribution in [1.29, 1.82) is 0 Å². The van der Waals surface area contributed by atoms with E-state index in [9.17, 15) is 14.4 Å². The number of halogens is 3. The highest BCUT2D eigenvalue weighted by Crippen LogP contribution is 2.32. The number of esters is 1. The number of hydrogen-bond acceptors (Lipinski definition) is 4. The summed E-state index contributed by atoms with van der Waals surface area (Å²) < 4.78 is 5.50. The van der Waals surface area contributed by atoms with Crippen molar-refractivity contribution in [2.24, 2.45) is 5.92 Å². The highest BCUT2D eigenvalue weighted by Gasteiger charge is 2.38. The first-order chi connectivity index (χ1) is 14.3. The molecule has 0 spiro atoms. The molecule has 5 nitrogen and oxygen atoms in total. The molecular formula is C22H20Cl3NO4. The number of amides is 1. The van der Waals surface area contributed by atoms with E-state index in [1.54, 1.807) is 42.5 Å². The fourth-order valence-corrected chi connectivity index (χ4v) is 3.86. The van der Waals surface area contributed by atoms with Gasteiger partial charge in [-0.25, -0.2) is 0 Å². The van der Waals surface area contributed by atoms with Crippen LogP contribution in [0.5, 0.6) is 0 Å². The van der Waals surface area contributed by atoms with Crippen LogP contribution in [0.25, 0.3) is 0 Å². The molecule has 30 heavy (non-hydrogen) atoms. The fraction of sp³-hybridized carbons (Fsp3) is 0.318. The number of anilines is 1. The third kappa shape index (κ3) is 4.97. The van der Waals surface area contributed by atoms with Crippen molar-refractivity contribution in [2.75, 3.05) is 17.3 Å². The van der Waals surface area contributed by atoms with E-state index in [-0.39, 0.29) is 37.0 Å². The topological polar surface area (TPSA) is 63.7 Å². The maximum absolute atomic E-state index is 12.8. The Hall–Kier alpha value is -2.08. The molecule has 0 aromatic heterocycles. The number of hydrogen-bond donors (Lipinski definition) is 0. The molecule has 0 radical (unpaired) electrons. The van der Waals surface area contributed by atoms with Gasteiger partial charge in [-0.1, -0.05) is 29.3 Å². The molecule has 2 atom stereocenters. The van der Waals surface area contributed by atoms with Gasteiger partial charge in [-0.15, -0.1) is 11.6 Å². The number of alkyl halides is 1. The van der Waals surface area contributed by atoms with Crippen LogP contribution in [0, 0.1) is 12.8 Å². The summed E-state index contributed by atoms with van der Waals surface area (Å²) in [5, 5.41) is 1.04. The first-order valence-electron chi connectivity index (χ1n) is 9.43. The molecule has 1 heterocycles. The van der Waals surface area contributed by atoms with Gasteiger partial charge in [0.2, 0.25) is 11.7 Å². The SMILES string of the molecule is Cc1c(Cl)cccc1N1C[C@@H](C(=O)O[C@H](CCCl)C(=O)c2ccc(Cl)cc2)CC1=O. The maximum atomic E-state index is 12.8. The van der Waals surface area contributed by atoms with Gasteiger partial charge >= 0.3 is 5.97 Å². The summed E-state index contributed by atoms with van der Waals surface area (Å²) in [6.07, 6.45) is -0.840. The molecule has 1 amide bonds. The lowest BCUT2D eigenvalue weighted by molar-refractivity contribution is -0.151. The Bertz CT molecular complexity index is 961. The van der Waals surface area contributed by atoms with E-state index < -0.39 is 18.0 Å². The standard InChI is InChI=1S/C22H20Cl3NO4/c1-13-17(25)3-2-4-18(13)26-12-15(11-20(26)27)22(29)30-19(9-10-23)21(28)14-5-7-16(24)8-6-14/h2-8,15,19H,9-12H2,1H3/t15-,19+/m0/s1. The van der Waals surface area contributed by atoms with Crippen LogP contribution < -0.4 is 4.90 Å². The van der Waals surface area contributed by atoms with Crippen LogP contribution in [0.1, 0.15) is 28.8 Å². The average molecular weight is 469 g/mol. The minimum Gasteiger partial charge on any atom is -0.454 e. The highest BCUT2D eigenvalue weighted by molar-refractivity contribution is 6.32. The van der Waals surface area contributed by atoms with Gasteiger partial charge in [0.15, 0.2) is 6.10 Å². The van der Waals surface area contributed by atoms with E-state index in [0.717, 1.165) is 5.56 Å². The molecule has 3 rings (SSSR count). The largest absolute Gasteiger partial charge is 0.454 e. The van der Waals surface area contributed by atoms with Crippen LogP contribution in [-0.2, 0) is 14.3 Å². The highest BCUT2D eigenvalue weighted by atomic mass is 35.5. The minimum atomic E-state index is -1.02. The molecule has 1 saturated heterocycles. The summed E-state index contributed by atoms with van der Waals surface area (Å²) in [5.74, 6) is -1.67. The summed E-state index contributed by atoms with van der Waals surface area (Å²) in [6.45, 7) is 1.99. The molecule has 0 N–H and O–H groups in total. The van der Waals surface area contributed by atoms with Gasteiger partial charge in [0.05, 0.1) is 5.92 Å². The van der Waals surface area contributed by atoms with Gasteiger partial charge in [0.25, 0.3) is 0 Å². The van der Waals surface area contributed by atoms with E-state index in [1.807, 2.05) is 6.92 Å². The molecule has 158 valence electrons. The molecule has 2 aromatic carbocycles. The molecule has 8 heteroatoms. The number of ketones is 1. The average Bonchev–Trinajstić information content (AvgIpc) is 3.11. The summed E-state index contributed by atoms with van der Waals surface area (Å²) in [7, 11) is 0. The summed E-state index contributed by atoms with van der Waals surface area (Å²) >= 11 is 17.8. The molecule has 0 bridgehead atoms. The summed E-state index contributed by atoms with van der Waals surface area (Å²) in [6, 6.07) is 11.6. The number of Topliss-reactive ketones (excluding diaryl/α,β-unsaturated/α-hetero) is 1. The lowest BCUT2D eigenvalue weighted by Crippen LogP contribution is -2.32. The van der Waals surface area contributed by atoms with Gasteiger partial charge in [0.1, 0.15) is 0 Å². The van der Waals surface area contributed by atoms with Crippen molar-refractivity contribution in [3.8, 4) is 0 Å². The second-order valence-corrected chi connectivity index (χ2v) is 8.29. The Morgan fingerprint density at radius 3 is 2.53 bits per heavy atom. The Morgan fingerprint density at radius 2 is 1.87 bits per heavy atom. The van der Waals surface area contributed by atoms with Crippen LogP contribution in [0.4, 0.5) is 5.69 Å². The van der Waals surface area contributed by atoms with Crippen LogP contribution in [0.3, 0.4) is 0 Å². The maximum Gasteiger partial charge on any atom is 0.312 e. The number of rotatable bonds is 7. The molecule has 0 aliphatic carbocycles. The van der Waals surface area contributed by atoms with Crippen LogP contribution >= 0.6 is 34.8 Å². The van der Waals surface area contributed by atoms with E-state index in [4.69, 9.17) is 39.5 Å². The van der Waals surface area contributed by atoms with Gasteiger partial charge in [0, 0.05) is 46.6 Å². The molecule has 1 fully saturated rings. The predicted octanol–water partition coefficient (Wildman–Crippen LogP) is 5.08. The molecule has 2 aromatic rings. The monoisotopic (exact) mass is 467 g/mol. The smallest absolute Gasteiger partial charge is 0.312 e. The van der Waals surface area contributed by atoms with Crippen molar-refractivity contribution in [3.05, 3.63) is 63.6 Å². The minimum absolute atomic E-state index is 0.00746. The van der Waals surface area contributed by atoms with Gasteiger partial charge in [-0.05, 0) is 48.9 Å². The summed E-state index contributed by atoms with van der Waals surface area (Å²) in [4.78, 5) is 39.6. The third-order valence-electron chi connectivity index (χ3n) is 5.04. The number of ether oxygens (including phenoxy) is 1. The fourth-order valence-electron chi connectivity index (χ4n) is 3.37. The van der Waals surface area contributed by atoms with E-state index in [1.165, 1.54) is 4.90 Å². The van der Waals surface area contributed by atoms with Crippen molar-refractivity contribution >= 4 is 58.1 Å². The second-order valence-electron chi connectivity index (χ2n) is 7.06. The zero-order valence-corrected chi connectivity index (χ0v) is 18.5. The lowest BCUT2D eigenvalue weighted by atomic mass is 10.0. The van der Waals surface area contributed by atoms with Crippen LogP contribution in [0.2, 0.25) is 10.0 Å². The number of nitrogens with zero attached hydrogens (tertiary/aromatic N) is 1. The molecule has 1 aliphatic heterocycles. The Kier molecular flexibility index (Phi) is 7.40. The van der Waals surface area contributed by atoms with Crippen molar-refractivity contribution in [2.45, 2.75) is 25.9 Å². The number of benzene rings is 2. The Morgan fingerprint density at radius 1 is 1.17 bits per heavy atom. The van der Waals surface area contributed by atoms with E-state index >= 15 is 0 Å². The molecule has 0 unspecified atom stereocenters. The zero-order chi connectivity index (χ0) is 21.8. The third-order valence-corrected chi connectivity index (χ3v) is 5.92. The number of carbonyl (C=O) groups is 3. The van der Waals surface area contributed by atoms with Crippen LogP contribution in [0.15, 0.2) is 42.5 Å². The van der Waals surface area contributed by atoms with Crippen molar-refractivity contribution in [3.63, 3.8) is 0 Å². The Balaban J connectivity index is 1.72. The van der Waals surface area contributed by atoms with E-state index in [2.05, 4.69) is 0 Å². The van der Waals surface area contributed by atoms with Crippen molar-refractivity contribution in [1.82, 2.24) is 0 Å². The first-order valence-corrected chi connectivity index (χ1v) is 10.7. The Labute approximate surface area is 189 Å². The lowest BCUT2D eigenvalue weighted by Gasteiger charge is -2.21. The van der Waals surface area contributed by atoms with Crippen molar-refractivity contribution < 1.29 is 19.1 Å². The normalized spacial score (nSPS) is 17.1. The van der Waals surface area contributed by atoms with Crippen LogP contribution in [-0.4, -0.2) is 36.2 Å². The molecule has 1 aliphatic rings. The molecular weight excluding hydrogens is 449 g/mol. The zero-order valence-electron chi connectivity index (χ0n) is 16.2. The predicted molar refractivity (Wildman–Crippen MR) is 118 cm³/mol. The van der Waals surface area contributed by atoms with Gasteiger partial charge in [-0.2, -0.15) is 0 Å². The van der Waals surface area contributed by atoms with Gasteiger partial charge < -0.3 is 9.64 Å².